The van der Waals surface area contributed by atoms with Crippen molar-refractivity contribution < 1.29 is 8.78 Å². The molecule has 1 heterocycles. The summed E-state index contributed by atoms with van der Waals surface area (Å²) >= 11 is 19.6. The van der Waals surface area contributed by atoms with Gasteiger partial charge in [0, 0.05) is 28.4 Å². The van der Waals surface area contributed by atoms with Gasteiger partial charge in [0.2, 0.25) is 0 Å². The lowest BCUT2D eigenvalue weighted by atomic mass is 10.1. The van der Waals surface area contributed by atoms with Crippen LogP contribution in [-0.2, 0) is 12.2 Å². The van der Waals surface area contributed by atoms with E-state index < -0.39 is 0 Å². The minimum atomic E-state index is -0.385. The van der Waals surface area contributed by atoms with Crippen molar-refractivity contribution in [2.45, 2.75) is 17.3 Å². The first-order valence-corrected chi connectivity index (χ1v) is 11.2. The summed E-state index contributed by atoms with van der Waals surface area (Å²) in [6.07, 6.45) is 0.419. The van der Waals surface area contributed by atoms with E-state index in [1.165, 1.54) is 30.0 Å². The van der Waals surface area contributed by atoms with E-state index in [2.05, 4.69) is 10.2 Å². The lowest BCUT2D eigenvalue weighted by molar-refractivity contribution is 0.617. The standard InChI is InChI=1S/C22H14Cl3F2N3S/c23-17-2-1-3-20(27)16(17)12-31-22-29-28-21(11-13-4-9-18(24)19(25)10-13)30(22)15-7-5-14(26)6-8-15/h1-10H,11-12H2. The van der Waals surface area contributed by atoms with Crippen molar-refractivity contribution in [3.8, 4) is 5.69 Å². The Labute approximate surface area is 197 Å². The Hall–Kier alpha value is -2.12. The molecule has 0 aliphatic rings. The van der Waals surface area contributed by atoms with Gasteiger partial charge in [-0.15, -0.1) is 10.2 Å². The average molecular weight is 497 g/mol. The molecule has 0 saturated heterocycles. The first-order chi connectivity index (χ1) is 14.9. The van der Waals surface area contributed by atoms with E-state index in [9.17, 15) is 8.78 Å². The Morgan fingerprint density at radius 2 is 1.61 bits per heavy atom. The van der Waals surface area contributed by atoms with Crippen LogP contribution in [0.25, 0.3) is 5.69 Å². The smallest absolute Gasteiger partial charge is 0.196 e. The summed E-state index contributed by atoms with van der Waals surface area (Å²) in [5.74, 6) is 0.142. The number of hydrogen-bond acceptors (Lipinski definition) is 3. The van der Waals surface area contributed by atoms with Gasteiger partial charge < -0.3 is 0 Å². The molecule has 0 bridgehead atoms. The van der Waals surface area contributed by atoms with Crippen LogP contribution in [0, 0.1) is 11.6 Å². The zero-order chi connectivity index (χ0) is 22.0. The van der Waals surface area contributed by atoms with Crippen LogP contribution in [0.5, 0.6) is 0 Å². The van der Waals surface area contributed by atoms with Crippen molar-refractivity contribution in [2.75, 3.05) is 0 Å². The van der Waals surface area contributed by atoms with E-state index in [0.29, 0.717) is 43.7 Å². The summed E-state index contributed by atoms with van der Waals surface area (Å²) in [5, 5.41) is 10.4. The van der Waals surface area contributed by atoms with Crippen molar-refractivity contribution in [3.63, 3.8) is 0 Å². The van der Waals surface area contributed by atoms with Crippen LogP contribution in [-0.4, -0.2) is 14.8 Å². The number of rotatable bonds is 6. The third-order valence-corrected chi connectivity index (χ3v) is 6.59. The van der Waals surface area contributed by atoms with E-state index in [4.69, 9.17) is 34.8 Å². The fourth-order valence-electron chi connectivity index (χ4n) is 3.00. The van der Waals surface area contributed by atoms with Crippen LogP contribution in [0.1, 0.15) is 17.0 Å². The van der Waals surface area contributed by atoms with E-state index in [1.807, 2.05) is 6.07 Å². The number of benzene rings is 3. The largest absolute Gasteiger partial charge is 0.274 e. The zero-order valence-electron chi connectivity index (χ0n) is 15.8. The summed E-state index contributed by atoms with van der Waals surface area (Å²) in [4.78, 5) is 0. The molecule has 1 aromatic heterocycles. The monoisotopic (exact) mass is 495 g/mol. The SMILES string of the molecule is Fc1ccc(-n2c(Cc3ccc(Cl)c(Cl)c3)nnc2SCc2c(F)cccc2Cl)cc1. The van der Waals surface area contributed by atoms with Crippen molar-refractivity contribution in [2.24, 2.45) is 0 Å². The molecule has 9 heteroatoms. The summed E-state index contributed by atoms with van der Waals surface area (Å²) in [7, 11) is 0. The van der Waals surface area contributed by atoms with E-state index in [1.54, 1.807) is 41.0 Å². The van der Waals surface area contributed by atoms with Gasteiger partial charge in [0.25, 0.3) is 0 Å². The Bertz CT molecular complexity index is 1210. The van der Waals surface area contributed by atoms with Gasteiger partial charge in [0.15, 0.2) is 5.16 Å². The van der Waals surface area contributed by atoms with Gasteiger partial charge in [-0.05, 0) is 54.1 Å². The number of halogens is 5. The van der Waals surface area contributed by atoms with Crippen LogP contribution in [0.15, 0.2) is 65.8 Å². The minimum absolute atomic E-state index is 0.262. The fraction of sp³-hybridized carbons (Fsp3) is 0.0909. The van der Waals surface area contributed by atoms with Gasteiger partial charge in [-0.1, -0.05) is 58.7 Å². The Morgan fingerprint density at radius 1 is 0.839 bits per heavy atom. The molecule has 3 aromatic carbocycles. The average Bonchev–Trinajstić information content (AvgIpc) is 3.13. The second-order valence-corrected chi connectivity index (χ2v) is 8.79. The van der Waals surface area contributed by atoms with Crippen LogP contribution in [0.2, 0.25) is 15.1 Å². The predicted octanol–water partition coefficient (Wildman–Crippen LogP) is 7.39. The molecule has 0 unspecified atom stereocenters. The molecule has 3 nitrogen and oxygen atoms in total. The second-order valence-electron chi connectivity index (χ2n) is 6.62. The van der Waals surface area contributed by atoms with Gasteiger partial charge in [-0.2, -0.15) is 0 Å². The normalized spacial score (nSPS) is 11.1. The van der Waals surface area contributed by atoms with Crippen LogP contribution < -0.4 is 0 Å². The first kappa shape index (κ1) is 22.1. The predicted molar refractivity (Wildman–Crippen MR) is 122 cm³/mol. The Kier molecular flexibility index (Phi) is 6.82. The van der Waals surface area contributed by atoms with Crippen molar-refractivity contribution in [3.05, 3.63) is 104 Å². The molecule has 0 spiro atoms. The van der Waals surface area contributed by atoms with Gasteiger partial charge in [-0.25, -0.2) is 8.78 Å². The molecular weight excluding hydrogens is 483 g/mol. The van der Waals surface area contributed by atoms with Gasteiger partial charge >= 0.3 is 0 Å². The summed E-state index contributed by atoms with van der Waals surface area (Å²) in [6.45, 7) is 0. The Morgan fingerprint density at radius 3 is 2.32 bits per heavy atom. The fourth-order valence-corrected chi connectivity index (χ4v) is 4.63. The molecule has 0 N–H and O–H groups in total. The topological polar surface area (TPSA) is 30.7 Å². The highest BCUT2D eigenvalue weighted by molar-refractivity contribution is 7.98. The van der Waals surface area contributed by atoms with Crippen molar-refractivity contribution >= 4 is 46.6 Å². The highest BCUT2D eigenvalue weighted by Crippen LogP contribution is 2.31. The zero-order valence-corrected chi connectivity index (χ0v) is 18.9. The molecule has 0 amide bonds. The lowest BCUT2D eigenvalue weighted by Crippen LogP contribution is -2.04. The molecule has 0 aliphatic heterocycles. The van der Waals surface area contributed by atoms with E-state index >= 15 is 0 Å². The first-order valence-electron chi connectivity index (χ1n) is 9.12. The van der Waals surface area contributed by atoms with Crippen molar-refractivity contribution in [1.82, 2.24) is 14.8 Å². The van der Waals surface area contributed by atoms with Crippen LogP contribution >= 0.6 is 46.6 Å². The summed E-state index contributed by atoms with van der Waals surface area (Å²) in [5.41, 5.74) is 1.95. The maximum atomic E-state index is 14.2. The maximum absolute atomic E-state index is 14.2. The van der Waals surface area contributed by atoms with Gasteiger partial charge in [0.05, 0.1) is 10.0 Å². The van der Waals surface area contributed by atoms with Gasteiger partial charge in [-0.3, -0.25) is 4.57 Å². The molecule has 0 fully saturated rings. The second kappa shape index (κ2) is 9.57. The lowest BCUT2D eigenvalue weighted by Gasteiger charge is -2.11. The molecule has 0 saturated carbocycles. The summed E-state index contributed by atoms with van der Waals surface area (Å²) < 4.78 is 29.5. The van der Waals surface area contributed by atoms with Crippen molar-refractivity contribution in [1.29, 1.82) is 0 Å². The van der Waals surface area contributed by atoms with Gasteiger partial charge in [0.1, 0.15) is 17.5 Å². The molecule has 31 heavy (non-hydrogen) atoms. The molecule has 0 aliphatic carbocycles. The molecule has 158 valence electrons. The molecular formula is C22H14Cl3F2N3S. The third kappa shape index (κ3) is 5.04. The van der Waals surface area contributed by atoms with Crippen LogP contribution in [0.3, 0.4) is 0 Å². The highest BCUT2D eigenvalue weighted by atomic mass is 35.5. The van der Waals surface area contributed by atoms with E-state index in [-0.39, 0.29) is 17.4 Å². The molecule has 0 atom stereocenters. The summed E-state index contributed by atoms with van der Waals surface area (Å²) in [6, 6.07) is 15.9. The van der Waals surface area contributed by atoms with Crippen LogP contribution in [0.4, 0.5) is 8.78 Å². The quantitative estimate of drug-likeness (QED) is 0.261. The van der Waals surface area contributed by atoms with E-state index in [0.717, 1.165) is 5.56 Å². The minimum Gasteiger partial charge on any atom is -0.274 e. The number of aromatic nitrogens is 3. The molecule has 0 radical (unpaired) electrons. The number of nitrogens with zero attached hydrogens (tertiary/aromatic N) is 3. The molecule has 4 aromatic rings. The maximum Gasteiger partial charge on any atom is 0.196 e. The highest BCUT2D eigenvalue weighted by Gasteiger charge is 2.17. The number of hydrogen-bond donors (Lipinski definition) is 0. The molecule has 4 rings (SSSR count). The Balaban J connectivity index is 1.69. The third-order valence-electron chi connectivity index (χ3n) is 4.54. The number of thioether (sulfide) groups is 1.